The Morgan fingerprint density at radius 3 is 2.90 bits per heavy atom. The van der Waals surface area contributed by atoms with Gasteiger partial charge in [0.05, 0.1) is 4.92 Å². The van der Waals surface area contributed by atoms with Gasteiger partial charge in [0, 0.05) is 35.1 Å². The molecule has 1 heterocycles. The highest BCUT2D eigenvalue weighted by Crippen LogP contribution is 2.26. The fourth-order valence-corrected chi connectivity index (χ4v) is 3.20. The number of benzene rings is 1. The number of likely N-dealkylation sites (tertiary alicyclic amines) is 1. The molecule has 0 saturated carbocycles. The normalized spacial score (nSPS) is 18.0. The number of rotatable bonds is 5. The molecule has 1 saturated heterocycles. The van der Waals surface area contributed by atoms with E-state index in [2.05, 4.69) is 15.9 Å². The van der Waals surface area contributed by atoms with Crippen LogP contribution in [0.3, 0.4) is 0 Å². The molecule has 0 N–H and O–H groups in total. The van der Waals surface area contributed by atoms with Crippen LogP contribution in [0.4, 0.5) is 5.69 Å². The summed E-state index contributed by atoms with van der Waals surface area (Å²) in [6.07, 6.45) is 4.13. The molecule has 0 aromatic heterocycles. The maximum absolute atomic E-state index is 12.6. The second-order valence-electron chi connectivity index (χ2n) is 5.38. The number of aryl methyl sites for hydroxylation is 1. The van der Waals surface area contributed by atoms with Crippen LogP contribution in [-0.4, -0.2) is 33.6 Å². The van der Waals surface area contributed by atoms with Crippen LogP contribution in [0, 0.1) is 17.0 Å². The van der Waals surface area contributed by atoms with E-state index in [4.69, 9.17) is 0 Å². The summed E-state index contributed by atoms with van der Waals surface area (Å²) in [7, 11) is 0. The minimum absolute atomic E-state index is 0.00919. The molecule has 1 aromatic carbocycles. The van der Waals surface area contributed by atoms with E-state index in [-0.39, 0.29) is 11.6 Å². The number of halogens is 1. The first-order valence-electron chi connectivity index (χ1n) is 7.16. The zero-order chi connectivity index (χ0) is 15.4. The monoisotopic (exact) mass is 354 g/mol. The molecule has 0 spiro atoms. The molecule has 21 heavy (non-hydrogen) atoms. The molecule has 0 bridgehead atoms. The largest absolute Gasteiger partial charge is 0.336 e. The first-order valence-corrected chi connectivity index (χ1v) is 8.28. The molecule has 1 unspecified atom stereocenters. The molecule has 1 atom stereocenters. The second kappa shape index (κ2) is 7.02. The van der Waals surface area contributed by atoms with E-state index in [0.717, 1.165) is 37.6 Å². The maximum atomic E-state index is 12.6. The van der Waals surface area contributed by atoms with Gasteiger partial charge in [0.2, 0.25) is 0 Å². The van der Waals surface area contributed by atoms with Gasteiger partial charge in [-0.2, -0.15) is 0 Å². The lowest BCUT2D eigenvalue weighted by Gasteiger charge is -2.24. The minimum Gasteiger partial charge on any atom is -0.336 e. The summed E-state index contributed by atoms with van der Waals surface area (Å²) in [6.45, 7) is 2.45. The molecule has 1 fully saturated rings. The highest BCUT2D eigenvalue weighted by atomic mass is 79.9. The zero-order valence-electron chi connectivity index (χ0n) is 12.0. The van der Waals surface area contributed by atoms with Crippen LogP contribution in [-0.2, 0) is 0 Å². The van der Waals surface area contributed by atoms with Crippen molar-refractivity contribution in [3.63, 3.8) is 0 Å². The molecular formula is C15H19BrN2O3. The Bertz CT molecular complexity index is 548. The molecule has 1 amide bonds. The molecule has 1 aliphatic heterocycles. The minimum atomic E-state index is -0.418. The standard InChI is InChI=1S/C15H19BrN2O3/c1-11-10-12(6-7-14(11)18(20)21)15(19)17-9-3-5-13(17)4-2-8-16/h6-7,10,13H,2-5,8-9H2,1H3. The second-order valence-corrected chi connectivity index (χ2v) is 6.18. The molecule has 1 aliphatic rings. The van der Waals surface area contributed by atoms with Gasteiger partial charge in [-0.15, -0.1) is 0 Å². The van der Waals surface area contributed by atoms with E-state index < -0.39 is 4.92 Å². The van der Waals surface area contributed by atoms with Crippen molar-refractivity contribution in [2.75, 3.05) is 11.9 Å². The Labute approximate surface area is 132 Å². The summed E-state index contributed by atoms with van der Waals surface area (Å²) in [4.78, 5) is 24.9. The number of nitrogens with zero attached hydrogens (tertiary/aromatic N) is 2. The quantitative estimate of drug-likeness (QED) is 0.460. The Morgan fingerprint density at radius 1 is 1.52 bits per heavy atom. The topological polar surface area (TPSA) is 63.5 Å². The van der Waals surface area contributed by atoms with Crippen LogP contribution in [0.5, 0.6) is 0 Å². The molecule has 0 aliphatic carbocycles. The smallest absolute Gasteiger partial charge is 0.272 e. The van der Waals surface area contributed by atoms with Crippen LogP contribution < -0.4 is 0 Å². The summed E-state index contributed by atoms with van der Waals surface area (Å²) >= 11 is 3.42. The SMILES string of the molecule is Cc1cc(C(=O)N2CCCC2CCCBr)ccc1[N+](=O)[O-]. The van der Waals surface area contributed by atoms with Crippen LogP contribution in [0.2, 0.25) is 0 Å². The molecule has 1 aromatic rings. The Balaban J connectivity index is 2.15. The van der Waals surface area contributed by atoms with Crippen LogP contribution in [0.25, 0.3) is 0 Å². The van der Waals surface area contributed by atoms with Crippen LogP contribution >= 0.6 is 15.9 Å². The van der Waals surface area contributed by atoms with E-state index in [1.54, 1.807) is 19.1 Å². The predicted octanol–water partition coefficient (Wildman–Crippen LogP) is 3.68. The van der Waals surface area contributed by atoms with Crippen molar-refractivity contribution < 1.29 is 9.72 Å². The van der Waals surface area contributed by atoms with Gasteiger partial charge in [-0.1, -0.05) is 15.9 Å². The van der Waals surface area contributed by atoms with Crippen molar-refractivity contribution in [1.82, 2.24) is 4.90 Å². The van der Waals surface area contributed by atoms with Gasteiger partial charge in [-0.3, -0.25) is 14.9 Å². The van der Waals surface area contributed by atoms with Crippen LogP contribution in [0.1, 0.15) is 41.6 Å². The van der Waals surface area contributed by atoms with Gasteiger partial charge < -0.3 is 4.90 Å². The summed E-state index contributed by atoms with van der Waals surface area (Å²) in [5.74, 6) is -0.00919. The Hall–Kier alpha value is -1.43. The lowest BCUT2D eigenvalue weighted by Crippen LogP contribution is -2.35. The summed E-state index contributed by atoms with van der Waals surface area (Å²) in [5.41, 5.74) is 1.13. The third kappa shape index (κ3) is 3.61. The van der Waals surface area contributed by atoms with Gasteiger partial charge in [0.15, 0.2) is 0 Å². The number of hydrogen-bond donors (Lipinski definition) is 0. The zero-order valence-corrected chi connectivity index (χ0v) is 13.6. The van der Waals surface area contributed by atoms with Gasteiger partial charge in [0.25, 0.3) is 11.6 Å². The number of carbonyl (C=O) groups is 1. The number of nitro groups is 1. The van der Waals surface area contributed by atoms with Gasteiger partial charge in [-0.25, -0.2) is 0 Å². The van der Waals surface area contributed by atoms with Crippen molar-refractivity contribution in [2.45, 2.75) is 38.6 Å². The maximum Gasteiger partial charge on any atom is 0.272 e. The summed E-state index contributed by atoms with van der Waals surface area (Å²) in [5, 5.41) is 11.8. The number of amides is 1. The number of nitro benzene ring substituents is 1. The van der Waals surface area contributed by atoms with Crippen molar-refractivity contribution in [3.05, 3.63) is 39.4 Å². The molecule has 114 valence electrons. The van der Waals surface area contributed by atoms with Crippen molar-refractivity contribution in [1.29, 1.82) is 0 Å². The van der Waals surface area contributed by atoms with Gasteiger partial charge in [0.1, 0.15) is 0 Å². The lowest BCUT2D eigenvalue weighted by molar-refractivity contribution is -0.385. The van der Waals surface area contributed by atoms with E-state index in [0.29, 0.717) is 17.2 Å². The third-order valence-corrected chi connectivity index (χ3v) is 4.51. The van der Waals surface area contributed by atoms with E-state index in [1.165, 1.54) is 6.07 Å². The Morgan fingerprint density at radius 2 is 2.29 bits per heavy atom. The summed E-state index contributed by atoms with van der Waals surface area (Å²) in [6, 6.07) is 4.91. The van der Waals surface area contributed by atoms with Crippen LogP contribution in [0.15, 0.2) is 18.2 Å². The lowest BCUT2D eigenvalue weighted by atomic mass is 10.1. The number of alkyl halides is 1. The van der Waals surface area contributed by atoms with Gasteiger partial charge in [-0.05, 0) is 44.7 Å². The molecule has 6 heteroatoms. The van der Waals surface area contributed by atoms with E-state index in [9.17, 15) is 14.9 Å². The van der Waals surface area contributed by atoms with Crippen molar-refractivity contribution >= 4 is 27.5 Å². The average Bonchev–Trinajstić information content (AvgIpc) is 2.92. The highest BCUT2D eigenvalue weighted by Gasteiger charge is 2.29. The molecule has 0 radical (unpaired) electrons. The first-order chi connectivity index (χ1) is 10.0. The highest BCUT2D eigenvalue weighted by molar-refractivity contribution is 9.09. The first kappa shape index (κ1) is 15.9. The molecule has 5 nitrogen and oxygen atoms in total. The predicted molar refractivity (Wildman–Crippen MR) is 84.9 cm³/mol. The van der Waals surface area contributed by atoms with Crippen molar-refractivity contribution in [3.8, 4) is 0 Å². The van der Waals surface area contributed by atoms with Gasteiger partial charge >= 0.3 is 0 Å². The molecular weight excluding hydrogens is 336 g/mol. The third-order valence-electron chi connectivity index (χ3n) is 3.95. The summed E-state index contributed by atoms with van der Waals surface area (Å²) < 4.78 is 0. The number of hydrogen-bond acceptors (Lipinski definition) is 3. The average molecular weight is 355 g/mol. The fourth-order valence-electron chi connectivity index (χ4n) is 2.88. The Kier molecular flexibility index (Phi) is 5.33. The molecule has 2 rings (SSSR count). The van der Waals surface area contributed by atoms with E-state index in [1.807, 2.05) is 4.90 Å². The van der Waals surface area contributed by atoms with E-state index >= 15 is 0 Å². The number of carbonyl (C=O) groups excluding carboxylic acids is 1. The fraction of sp³-hybridized carbons (Fsp3) is 0.533. The van der Waals surface area contributed by atoms with Crippen molar-refractivity contribution in [2.24, 2.45) is 0 Å².